The van der Waals surface area contributed by atoms with E-state index in [9.17, 15) is 18.0 Å². The zero-order valence-electron chi connectivity index (χ0n) is 10.3. The summed E-state index contributed by atoms with van der Waals surface area (Å²) < 4.78 is 25.1. The van der Waals surface area contributed by atoms with Crippen molar-refractivity contribution in [3.63, 3.8) is 0 Å². The molecule has 1 unspecified atom stereocenters. The van der Waals surface area contributed by atoms with E-state index in [4.69, 9.17) is 10.2 Å². The monoisotopic (exact) mass is 281 g/mol. The zero-order valence-corrected chi connectivity index (χ0v) is 11.1. The average Bonchev–Trinajstić information content (AvgIpc) is 2.24. The van der Waals surface area contributed by atoms with Crippen LogP contribution in [0.4, 0.5) is 0 Å². The highest BCUT2D eigenvalue weighted by Gasteiger charge is 2.23. The van der Waals surface area contributed by atoms with E-state index >= 15 is 0 Å². The fourth-order valence-corrected chi connectivity index (χ4v) is 2.74. The fraction of sp³-hybridized carbons (Fsp3) is 0.800. The van der Waals surface area contributed by atoms with Crippen molar-refractivity contribution in [1.29, 1.82) is 0 Å². The van der Waals surface area contributed by atoms with Gasteiger partial charge in [-0.3, -0.25) is 9.59 Å². The molecule has 7 nitrogen and oxygen atoms in total. The highest BCUT2D eigenvalue weighted by molar-refractivity contribution is 7.89. The largest absolute Gasteiger partial charge is 0.481 e. The van der Waals surface area contributed by atoms with Gasteiger partial charge in [-0.05, 0) is 19.3 Å². The molecule has 3 N–H and O–H groups in total. The van der Waals surface area contributed by atoms with Gasteiger partial charge in [0.25, 0.3) is 0 Å². The molecule has 0 rings (SSSR count). The lowest BCUT2D eigenvalue weighted by Crippen LogP contribution is -2.41. The summed E-state index contributed by atoms with van der Waals surface area (Å²) in [6, 6.07) is -1.26. The van der Waals surface area contributed by atoms with Gasteiger partial charge in [0.1, 0.15) is 6.04 Å². The van der Waals surface area contributed by atoms with E-state index in [-0.39, 0.29) is 25.0 Å². The summed E-state index contributed by atoms with van der Waals surface area (Å²) in [6.07, 6.45) is 1.05. The Balaban J connectivity index is 4.35. The topological polar surface area (TPSA) is 121 Å². The van der Waals surface area contributed by atoms with Crippen molar-refractivity contribution in [2.45, 2.75) is 45.1 Å². The van der Waals surface area contributed by atoms with Gasteiger partial charge in [-0.2, -0.15) is 0 Å². The van der Waals surface area contributed by atoms with Crippen molar-refractivity contribution in [2.24, 2.45) is 0 Å². The number of carboxylic acid groups (broad SMARTS) is 2. The molecule has 18 heavy (non-hydrogen) atoms. The van der Waals surface area contributed by atoms with Crippen LogP contribution >= 0.6 is 0 Å². The molecule has 8 heteroatoms. The predicted octanol–water partition coefficient (Wildman–Crippen LogP) is 0.414. The Morgan fingerprint density at radius 1 is 1.22 bits per heavy atom. The lowest BCUT2D eigenvalue weighted by Gasteiger charge is -2.14. The minimum atomic E-state index is -3.62. The molecule has 0 fully saturated rings. The van der Waals surface area contributed by atoms with Crippen LogP contribution in [-0.2, 0) is 19.6 Å². The highest BCUT2D eigenvalue weighted by Crippen LogP contribution is 2.04. The fourth-order valence-electron chi connectivity index (χ4n) is 1.30. The van der Waals surface area contributed by atoms with Crippen molar-refractivity contribution in [3.8, 4) is 0 Å². The standard InChI is InChI=1S/C10H19NO6S/c1-2-3-7-18(16,17)11-8(10(14)15)5-4-6-9(12)13/h8,11H,2-7H2,1H3,(H,12,13)(H,14,15). The summed E-state index contributed by atoms with van der Waals surface area (Å²) in [4.78, 5) is 21.1. The maximum atomic E-state index is 11.5. The third kappa shape index (κ3) is 8.02. The molecule has 0 saturated carbocycles. The number of sulfonamides is 1. The molecule has 0 bridgehead atoms. The Bertz CT molecular complexity index is 378. The molecule has 106 valence electrons. The number of hydrogen-bond acceptors (Lipinski definition) is 4. The number of hydrogen-bond donors (Lipinski definition) is 3. The van der Waals surface area contributed by atoms with E-state index in [1.165, 1.54) is 0 Å². The van der Waals surface area contributed by atoms with E-state index in [1.807, 2.05) is 6.92 Å². The summed E-state index contributed by atoms with van der Waals surface area (Å²) >= 11 is 0. The summed E-state index contributed by atoms with van der Waals surface area (Å²) in [5, 5.41) is 17.3. The van der Waals surface area contributed by atoms with Gasteiger partial charge in [0.15, 0.2) is 0 Å². The molecule has 0 radical (unpaired) electrons. The summed E-state index contributed by atoms with van der Waals surface area (Å²) in [5.74, 6) is -2.44. The summed E-state index contributed by atoms with van der Waals surface area (Å²) in [5.41, 5.74) is 0. The molecule has 0 aliphatic rings. The normalized spacial score (nSPS) is 13.2. The van der Waals surface area contributed by atoms with E-state index in [2.05, 4.69) is 4.72 Å². The molecule has 0 aromatic carbocycles. The molecular weight excluding hydrogens is 262 g/mol. The van der Waals surface area contributed by atoms with Crippen LogP contribution in [0.2, 0.25) is 0 Å². The molecule has 0 aliphatic carbocycles. The van der Waals surface area contributed by atoms with Crippen molar-refractivity contribution < 1.29 is 28.2 Å². The second-order valence-electron chi connectivity index (χ2n) is 3.97. The summed E-state index contributed by atoms with van der Waals surface area (Å²) in [6.45, 7) is 1.83. The lowest BCUT2D eigenvalue weighted by atomic mass is 10.1. The van der Waals surface area contributed by atoms with Crippen LogP contribution in [0.5, 0.6) is 0 Å². The molecule has 1 atom stereocenters. The second-order valence-corrected chi connectivity index (χ2v) is 5.84. The first-order chi connectivity index (χ1) is 8.28. The molecule has 0 saturated heterocycles. The van der Waals surface area contributed by atoms with Gasteiger partial charge in [0.2, 0.25) is 10.0 Å². The first kappa shape index (κ1) is 16.9. The van der Waals surface area contributed by atoms with Gasteiger partial charge >= 0.3 is 11.9 Å². The first-order valence-electron chi connectivity index (χ1n) is 5.73. The molecule has 0 heterocycles. The van der Waals surface area contributed by atoms with Gasteiger partial charge in [-0.15, -0.1) is 0 Å². The van der Waals surface area contributed by atoms with Crippen LogP contribution in [0.3, 0.4) is 0 Å². The molecule has 0 aromatic heterocycles. The number of carboxylic acids is 2. The average molecular weight is 281 g/mol. The maximum Gasteiger partial charge on any atom is 0.321 e. The predicted molar refractivity (Wildman–Crippen MR) is 64.7 cm³/mol. The van der Waals surface area contributed by atoms with Crippen LogP contribution in [-0.4, -0.2) is 42.4 Å². The molecular formula is C10H19NO6S. The smallest absolute Gasteiger partial charge is 0.321 e. The Hall–Kier alpha value is -1.15. The zero-order chi connectivity index (χ0) is 14.2. The lowest BCUT2D eigenvalue weighted by molar-refractivity contribution is -0.140. The number of carbonyl (C=O) groups is 2. The highest BCUT2D eigenvalue weighted by atomic mass is 32.2. The Morgan fingerprint density at radius 3 is 2.28 bits per heavy atom. The van der Waals surface area contributed by atoms with E-state index in [1.54, 1.807) is 0 Å². The number of aliphatic carboxylic acids is 2. The second kappa shape index (κ2) is 8.04. The van der Waals surface area contributed by atoms with Gasteiger partial charge in [0.05, 0.1) is 5.75 Å². The Kier molecular flexibility index (Phi) is 7.53. The minimum absolute atomic E-state index is 0.0347. The minimum Gasteiger partial charge on any atom is -0.481 e. The Morgan fingerprint density at radius 2 is 1.83 bits per heavy atom. The van der Waals surface area contributed by atoms with Gasteiger partial charge < -0.3 is 10.2 Å². The van der Waals surface area contributed by atoms with Crippen molar-refractivity contribution in [1.82, 2.24) is 4.72 Å². The van der Waals surface area contributed by atoms with Crippen LogP contribution < -0.4 is 4.72 Å². The quantitative estimate of drug-likeness (QED) is 0.533. The molecule has 0 aliphatic heterocycles. The maximum absolute atomic E-state index is 11.5. The van der Waals surface area contributed by atoms with Crippen LogP contribution in [0, 0.1) is 0 Å². The van der Waals surface area contributed by atoms with Crippen molar-refractivity contribution in [3.05, 3.63) is 0 Å². The summed E-state index contributed by atoms with van der Waals surface area (Å²) in [7, 11) is -3.62. The van der Waals surface area contributed by atoms with Gasteiger partial charge in [-0.1, -0.05) is 13.3 Å². The van der Waals surface area contributed by atoms with Crippen LogP contribution in [0.15, 0.2) is 0 Å². The van der Waals surface area contributed by atoms with Crippen molar-refractivity contribution in [2.75, 3.05) is 5.75 Å². The number of nitrogens with one attached hydrogen (secondary N) is 1. The molecule has 0 aromatic rings. The number of unbranched alkanes of at least 4 members (excludes halogenated alkanes) is 1. The first-order valence-corrected chi connectivity index (χ1v) is 7.38. The van der Waals surface area contributed by atoms with E-state index in [0.717, 1.165) is 0 Å². The van der Waals surface area contributed by atoms with Crippen LogP contribution in [0.1, 0.15) is 39.0 Å². The van der Waals surface area contributed by atoms with Crippen LogP contribution in [0.25, 0.3) is 0 Å². The van der Waals surface area contributed by atoms with Gasteiger partial charge in [0, 0.05) is 6.42 Å². The van der Waals surface area contributed by atoms with E-state index < -0.39 is 28.0 Å². The molecule has 0 amide bonds. The third-order valence-electron chi connectivity index (χ3n) is 2.27. The van der Waals surface area contributed by atoms with Gasteiger partial charge in [-0.25, -0.2) is 13.1 Å². The SMILES string of the molecule is CCCCS(=O)(=O)NC(CCCC(=O)O)C(=O)O. The van der Waals surface area contributed by atoms with E-state index in [0.29, 0.717) is 12.8 Å². The van der Waals surface area contributed by atoms with Crippen molar-refractivity contribution >= 4 is 22.0 Å². The Labute approximate surface area is 106 Å². The molecule has 0 spiro atoms. The third-order valence-corrected chi connectivity index (χ3v) is 3.74. The number of rotatable bonds is 10.